The summed E-state index contributed by atoms with van der Waals surface area (Å²) in [5.41, 5.74) is 2.03. The second-order valence-corrected chi connectivity index (χ2v) is 4.21. The Hall–Kier alpha value is -2.30. The first-order valence-corrected chi connectivity index (χ1v) is 6.10. The molecule has 1 aromatic carbocycles. The number of ether oxygens (including phenoxy) is 1. The van der Waals surface area contributed by atoms with Crippen molar-refractivity contribution in [3.8, 4) is 17.0 Å². The molecule has 100 valence electrons. The molecular weight excluding hydrogens is 244 g/mol. The Kier molecular flexibility index (Phi) is 4.18. The van der Waals surface area contributed by atoms with Gasteiger partial charge in [-0.3, -0.25) is 9.48 Å². The van der Waals surface area contributed by atoms with E-state index in [0.29, 0.717) is 13.0 Å². The standard InChI is InChI=1S/C14H16N2O3/c1-16-13(7-8-15-16)11-4-2-5-12(10-11)19-9-3-6-14(17)18/h2,4-5,7-8,10H,3,6,9H2,1H3,(H,17,18). The van der Waals surface area contributed by atoms with Crippen LogP contribution in [0.25, 0.3) is 11.3 Å². The Morgan fingerprint density at radius 3 is 2.95 bits per heavy atom. The van der Waals surface area contributed by atoms with Crippen molar-refractivity contribution in [1.82, 2.24) is 9.78 Å². The van der Waals surface area contributed by atoms with Gasteiger partial charge in [0.05, 0.1) is 12.3 Å². The molecule has 0 radical (unpaired) electrons. The summed E-state index contributed by atoms with van der Waals surface area (Å²) in [6.45, 7) is 0.404. The second-order valence-electron chi connectivity index (χ2n) is 4.21. The lowest BCUT2D eigenvalue weighted by Crippen LogP contribution is -2.02. The molecule has 1 N–H and O–H groups in total. The molecule has 2 aromatic rings. The topological polar surface area (TPSA) is 64.4 Å². The van der Waals surface area contributed by atoms with Crippen LogP contribution in [0.15, 0.2) is 36.5 Å². The molecule has 2 rings (SSSR count). The second kappa shape index (κ2) is 6.04. The van der Waals surface area contributed by atoms with Gasteiger partial charge in [0.15, 0.2) is 0 Å². The third-order valence-corrected chi connectivity index (χ3v) is 2.75. The fraction of sp³-hybridized carbons (Fsp3) is 0.286. The summed E-state index contributed by atoms with van der Waals surface area (Å²) in [5.74, 6) is -0.0590. The molecule has 0 unspecified atom stereocenters. The average molecular weight is 260 g/mol. The van der Waals surface area contributed by atoms with E-state index in [1.54, 1.807) is 10.9 Å². The summed E-state index contributed by atoms with van der Waals surface area (Å²) >= 11 is 0. The van der Waals surface area contributed by atoms with Crippen molar-refractivity contribution < 1.29 is 14.6 Å². The third kappa shape index (κ3) is 3.58. The molecule has 5 heteroatoms. The summed E-state index contributed by atoms with van der Waals surface area (Å²) in [4.78, 5) is 10.4. The van der Waals surface area contributed by atoms with Crippen LogP contribution in [0.3, 0.4) is 0 Å². The summed E-state index contributed by atoms with van der Waals surface area (Å²) in [5, 5.41) is 12.7. The number of carboxylic acid groups (broad SMARTS) is 1. The van der Waals surface area contributed by atoms with Crippen molar-refractivity contribution >= 4 is 5.97 Å². The Labute approximate surface area is 111 Å². The summed E-state index contributed by atoms with van der Waals surface area (Å²) in [6.07, 6.45) is 2.38. The highest BCUT2D eigenvalue weighted by Crippen LogP contribution is 2.23. The van der Waals surface area contributed by atoms with Crippen molar-refractivity contribution in [2.75, 3.05) is 6.61 Å². The number of hydrogen-bond acceptors (Lipinski definition) is 3. The molecule has 1 heterocycles. The monoisotopic (exact) mass is 260 g/mol. The molecule has 0 aliphatic heterocycles. The summed E-state index contributed by atoms with van der Waals surface area (Å²) in [7, 11) is 1.88. The number of rotatable bonds is 6. The minimum Gasteiger partial charge on any atom is -0.494 e. The highest BCUT2D eigenvalue weighted by molar-refractivity contribution is 5.66. The average Bonchev–Trinajstić information content (AvgIpc) is 2.81. The molecule has 19 heavy (non-hydrogen) atoms. The number of hydrogen-bond donors (Lipinski definition) is 1. The molecule has 0 saturated carbocycles. The van der Waals surface area contributed by atoms with E-state index in [9.17, 15) is 4.79 Å². The van der Waals surface area contributed by atoms with Crippen LogP contribution in [-0.4, -0.2) is 27.5 Å². The minimum atomic E-state index is -0.799. The number of nitrogens with zero attached hydrogens (tertiary/aromatic N) is 2. The molecule has 0 bridgehead atoms. The van der Waals surface area contributed by atoms with E-state index in [0.717, 1.165) is 17.0 Å². The van der Waals surface area contributed by atoms with Crippen LogP contribution >= 0.6 is 0 Å². The lowest BCUT2D eigenvalue weighted by molar-refractivity contribution is -0.137. The zero-order valence-electron chi connectivity index (χ0n) is 10.7. The van der Waals surface area contributed by atoms with Crippen LogP contribution < -0.4 is 4.74 Å². The van der Waals surface area contributed by atoms with Gasteiger partial charge in [0.2, 0.25) is 0 Å². The fourth-order valence-electron chi connectivity index (χ4n) is 1.82. The first-order chi connectivity index (χ1) is 9.16. The third-order valence-electron chi connectivity index (χ3n) is 2.75. The smallest absolute Gasteiger partial charge is 0.303 e. The van der Waals surface area contributed by atoms with Crippen molar-refractivity contribution in [2.45, 2.75) is 12.8 Å². The molecule has 0 amide bonds. The molecule has 0 saturated heterocycles. The maximum atomic E-state index is 10.4. The van der Waals surface area contributed by atoms with Crippen LogP contribution in [-0.2, 0) is 11.8 Å². The van der Waals surface area contributed by atoms with E-state index in [2.05, 4.69) is 5.10 Å². The first kappa shape index (κ1) is 13.1. The molecule has 0 spiro atoms. The van der Waals surface area contributed by atoms with Crippen molar-refractivity contribution in [3.63, 3.8) is 0 Å². The van der Waals surface area contributed by atoms with Crippen molar-refractivity contribution in [1.29, 1.82) is 0 Å². The first-order valence-electron chi connectivity index (χ1n) is 6.10. The number of benzene rings is 1. The minimum absolute atomic E-state index is 0.126. The van der Waals surface area contributed by atoms with Crippen LogP contribution in [0.5, 0.6) is 5.75 Å². The Balaban J connectivity index is 2.00. The number of aryl methyl sites for hydroxylation is 1. The van der Waals surface area contributed by atoms with E-state index in [1.165, 1.54) is 0 Å². The number of aliphatic carboxylic acids is 1. The lowest BCUT2D eigenvalue weighted by Gasteiger charge is -2.07. The van der Waals surface area contributed by atoms with Gasteiger partial charge >= 0.3 is 5.97 Å². The number of carboxylic acids is 1. The van der Waals surface area contributed by atoms with Crippen LogP contribution in [0.2, 0.25) is 0 Å². The van der Waals surface area contributed by atoms with Crippen molar-refractivity contribution in [3.05, 3.63) is 36.5 Å². The van der Waals surface area contributed by atoms with Crippen LogP contribution in [0.4, 0.5) is 0 Å². The summed E-state index contributed by atoms with van der Waals surface area (Å²) < 4.78 is 7.34. The quantitative estimate of drug-likeness (QED) is 0.810. The Morgan fingerprint density at radius 2 is 2.26 bits per heavy atom. The van der Waals surface area contributed by atoms with E-state index in [4.69, 9.17) is 9.84 Å². The van der Waals surface area contributed by atoms with Gasteiger partial charge in [0.1, 0.15) is 5.75 Å². The largest absolute Gasteiger partial charge is 0.494 e. The zero-order valence-corrected chi connectivity index (χ0v) is 10.7. The Morgan fingerprint density at radius 1 is 1.42 bits per heavy atom. The van der Waals surface area contributed by atoms with Gasteiger partial charge in [-0.2, -0.15) is 5.10 Å². The molecule has 1 aromatic heterocycles. The predicted octanol–water partition coefficient (Wildman–Crippen LogP) is 2.33. The van der Waals surface area contributed by atoms with Gasteiger partial charge in [-0.25, -0.2) is 0 Å². The van der Waals surface area contributed by atoms with Gasteiger partial charge in [-0.15, -0.1) is 0 Å². The SMILES string of the molecule is Cn1nccc1-c1cccc(OCCCC(=O)O)c1. The highest BCUT2D eigenvalue weighted by Gasteiger charge is 2.04. The fourth-order valence-corrected chi connectivity index (χ4v) is 1.82. The van der Waals surface area contributed by atoms with Crippen LogP contribution in [0.1, 0.15) is 12.8 Å². The maximum Gasteiger partial charge on any atom is 0.303 e. The molecule has 0 aliphatic rings. The molecule has 5 nitrogen and oxygen atoms in total. The van der Waals surface area contributed by atoms with Gasteiger partial charge in [-0.1, -0.05) is 12.1 Å². The van der Waals surface area contributed by atoms with E-state index < -0.39 is 5.97 Å². The predicted molar refractivity (Wildman–Crippen MR) is 71.0 cm³/mol. The van der Waals surface area contributed by atoms with Gasteiger partial charge in [-0.05, 0) is 24.6 Å². The van der Waals surface area contributed by atoms with E-state index >= 15 is 0 Å². The van der Waals surface area contributed by atoms with Gasteiger partial charge in [0, 0.05) is 25.2 Å². The number of aromatic nitrogens is 2. The molecule has 0 atom stereocenters. The summed E-state index contributed by atoms with van der Waals surface area (Å²) in [6, 6.07) is 9.62. The van der Waals surface area contributed by atoms with Crippen molar-refractivity contribution in [2.24, 2.45) is 7.05 Å². The van der Waals surface area contributed by atoms with E-state index in [-0.39, 0.29) is 6.42 Å². The maximum absolute atomic E-state index is 10.4. The molecule has 0 fully saturated rings. The lowest BCUT2D eigenvalue weighted by atomic mass is 10.1. The highest BCUT2D eigenvalue weighted by atomic mass is 16.5. The molecular formula is C14H16N2O3. The zero-order chi connectivity index (χ0) is 13.7. The number of carbonyl (C=O) groups is 1. The van der Waals surface area contributed by atoms with Gasteiger partial charge in [0.25, 0.3) is 0 Å². The van der Waals surface area contributed by atoms with Gasteiger partial charge < -0.3 is 9.84 Å². The molecule has 0 aliphatic carbocycles. The van der Waals surface area contributed by atoms with Crippen LogP contribution in [0, 0.1) is 0 Å². The van der Waals surface area contributed by atoms with E-state index in [1.807, 2.05) is 37.4 Å². The Bertz CT molecular complexity index is 563. The normalized spacial score (nSPS) is 10.4.